The maximum atomic E-state index is 5.68. The van der Waals surface area contributed by atoms with Crippen molar-refractivity contribution in [3.05, 3.63) is 22.5 Å². The van der Waals surface area contributed by atoms with Gasteiger partial charge in [-0.1, -0.05) is 12.2 Å². The van der Waals surface area contributed by atoms with Gasteiger partial charge in [0.05, 0.1) is 19.9 Å². The van der Waals surface area contributed by atoms with Crippen molar-refractivity contribution in [3.63, 3.8) is 0 Å². The quantitative estimate of drug-likeness (QED) is 0.751. The molecule has 3 aromatic rings. The van der Waals surface area contributed by atoms with Gasteiger partial charge in [0.15, 0.2) is 0 Å². The van der Waals surface area contributed by atoms with Gasteiger partial charge in [0, 0.05) is 11.5 Å². The van der Waals surface area contributed by atoms with Crippen molar-refractivity contribution in [1.82, 2.24) is 4.98 Å². The first kappa shape index (κ1) is 11.8. The smallest absolute Gasteiger partial charge is 0.138 e. The third-order valence-corrected chi connectivity index (χ3v) is 4.49. The van der Waals surface area contributed by atoms with E-state index in [9.17, 15) is 0 Å². The van der Waals surface area contributed by atoms with Crippen LogP contribution >= 0.6 is 34.9 Å². The molecule has 0 spiro atoms. The Kier molecular flexibility index (Phi) is 2.93. The molecule has 0 aliphatic heterocycles. The van der Waals surface area contributed by atoms with Gasteiger partial charge in [-0.3, -0.25) is 0 Å². The van der Waals surface area contributed by atoms with Crippen LogP contribution in [0.3, 0.4) is 0 Å². The van der Waals surface area contributed by atoms with Crippen molar-refractivity contribution >= 4 is 60.2 Å². The van der Waals surface area contributed by atoms with Crippen LogP contribution in [0.1, 0.15) is 5.01 Å². The molecular formula is C12H10N2OS3. The fraction of sp³-hybridized carbons (Fsp3) is 0.167. The zero-order valence-electron chi connectivity index (χ0n) is 9.60. The zero-order valence-corrected chi connectivity index (χ0v) is 12.0. The number of aromatic nitrogens is 1. The predicted molar refractivity (Wildman–Crippen MR) is 82.0 cm³/mol. The number of nitrogens with two attached hydrogens (primary N) is 1. The molecule has 0 bridgehead atoms. The van der Waals surface area contributed by atoms with Gasteiger partial charge in [-0.2, -0.15) is 0 Å². The largest absolute Gasteiger partial charge is 0.486 e. The monoisotopic (exact) mass is 294 g/mol. The number of thiocarbonyl (C=S) groups is 1. The third kappa shape index (κ3) is 1.96. The predicted octanol–water partition coefficient (Wildman–Crippen LogP) is 3.48. The summed E-state index contributed by atoms with van der Waals surface area (Å²) >= 11 is 8.19. The van der Waals surface area contributed by atoms with E-state index in [1.54, 1.807) is 22.7 Å². The van der Waals surface area contributed by atoms with Crippen molar-refractivity contribution in [3.8, 4) is 5.75 Å². The fourth-order valence-corrected chi connectivity index (χ4v) is 3.75. The third-order valence-electron chi connectivity index (χ3n) is 2.54. The van der Waals surface area contributed by atoms with Crippen LogP contribution in [0.25, 0.3) is 20.3 Å². The lowest BCUT2D eigenvalue weighted by molar-refractivity contribution is 0.383. The number of rotatable bonds is 3. The maximum Gasteiger partial charge on any atom is 0.138 e. The second-order valence-corrected chi connectivity index (χ2v) is 6.55. The summed E-state index contributed by atoms with van der Waals surface area (Å²) in [6, 6.07) is 4.07. The highest BCUT2D eigenvalue weighted by Crippen LogP contribution is 2.38. The summed E-state index contributed by atoms with van der Waals surface area (Å²) in [5.74, 6) is 0.829. The van der Waals surface area contributed by atoms with E-state index in [2.05, 4.69) is 4.98 Å². The number of thiazole rings is 1. The van der Waals surface area contributed by atoms with Crippen LogP contribution in [0.15, 0.2) is 17.5 Å². The van der Waals surface area contributed by atoms with Gasteiger partial charge in [-0.05, 0) is 18.4 Å². The summed E-state index contributed by atoms with van der Waals surface area (Å²) in [5, 5.41) is 4.19. The van der Waals surface area contributed by atoms with E-state index in [0.29, 0.717) is 4.99 Å². The fourth-order valence-electron chi connectivity index (χ4n) is 1.86. The van der Waals surface area contributed by atoms with Gasteiger partial charge < -0.3 is 10.5 Å². The number of hydrogen-bond donors (Lipinski definition) is 1. The molecule has 0 radical (unpaired) electrons. The lowest BCUT2D eigenvalue weighted by atomic mass is 10.2. The normalized spacial score (nSPS) is 11.2. The molecule has 1 aromatic carbocycles. The zero-order chi connectivity index (χ0) is 12.7. The molecule has 0 saturated heterocycles. The first-order valence-electron chi connectivity index (χ1n) is 5.33. The van der Waals surface area contributed by atoms with Crippen molar-refractivity contribution in [2.45, 2.75) is 6.92 Å². The highest BCUT2D eigenvalue weighted by molar-refractivity contribution is 7.80. The Bertz CT molecular complexity index is 744. The Balaban J connectivity index is 2.21. The molecule has 6 heteroatoms. The van der Waals surface area contributed by atoms with Crippen molar-refractivity contribution in [2.75, 3.05) is 6.61 Å². The van der Waals surface area contributed by atoms with E-state index in [-0.39, 0.29) is 6.61 Å². The van der Waals surface area contributed by atoms with Gasteiger partial charge in [-0.25, -0.2) is 4.98 Å². The SMILES string of the molecule is Cc1nc2c(cc(OCC(N)=S)c3ccsc32)s1. The van der Waals surface area contributed by atoms with Crippen LogP contribution < -0.4 is 10.5 Å². The Morgan fingerprint density at radius 3 is 3.17 bits per heavy atom. The Morgan fingerprint density at radius 2 is 2.39 bits per heavy atom. The lowest BCUT2D eigenvalue weighted by Gasteiger charge is -2.06. The lowest BCUT2D eigenvalue weighted by Crippen LogP contribution is -2.17. The van der Waals surface area contributed by atoms with Crippen molar-refractivity contribution in [1.29, 1.82) is 0 Å². The number of nitrogens with zero attached hydrogens (tertiary/aromatic N) is 1. The van der Waals surface area contributed by atoms with Crippen LogP contribution in [-0.4, -0.2) is 16.6 Å². The van der Waals surface area contributed by atoms with Crippen LogP contribution in [0, 0.1) is 6.92 Å². The summed E-state index contributed by atoms with van der Waals surface area (Å²) in [5.41, 5.74) is 6.54. The summed E-state index contributed by atoms with van der Waals surface area (Å²) in [7, 11) is 0. The van der Waals surface area contributed by atoms with Crippen molar-refractivity contribution < 1.29 is 4.74 Å². The average molecular weight is 294 g/mol. The summed E-state index contributed by atoms with van der Waals surface area (Å²) in [6.07, 6.45) is 0. The maximum absolute atomic E-state index is 5.68. The molecule has 0 aliphatic carbocycles. The average Bonchev–Trinajstić information content (AvgIpc) is 2.90. The van der Waals surface area contributed by atoms with Gasteiger partial charge in [-0.15, -0.1) is 22.7 Å². The molecule has 2 heterocycles. The Labute approximate surface area is 117 Å². The van der Waals surface area contributed by atoms with E-state index in [4.69, 9.17) is 22.7 Å². The van der Waals surface area contributed by atoms with Crippen LogP contribution in [-0.2, 0) is 0 Å². The highest BCUT2D eigenvalue weighted by atomic mass is 32.1. The number of benzene rings is 1. The summed E-state index contributed by atoms with van der Waals surface area (Å²) in [4.78, 5) is 4.93. The molecule has 0 atom stereocenters. The van der Waals surface area contributed by atoms with Crippen LogP contribution in [0.2, 0.25) is 0 Å². The number of hydrogen-bond acceptors (Lipinski definition) is 5. The first-order valence-corrected chi connectivity index (χ1v) is 7.44. The van der Waals surface area contributed by atoms with E-state index in [0.717, 1.165) is 31.1 Å². The van der Waals surface area contributed by atoms with Crippen molar-refractivity contribution in [2.24, 2.45) is 5.73 Å². The topological polar surface area (TPSA) is 48.1 Å². The van der Waals surface area contributed by atoms with Gasteiger partial charge in [0.25, 0.3) is 0 Å². The van der Waals surface area contributed by atoms with E-state index in [1.807, 2.05) is 24.4 Å². The minimum Gasteiger partial charge on any atom is -0.486 e. The Morgan fingerprint density at radius 1 is 1.56 bits per heavy atom. The standard InChI is InChI=1S/C12H10N2OS3/c1-6-14-11-9(18-6)4-8(15-5-10(13)16)7-2-3-17-12(7)11/h2-4H,5H2,1H3,(H2,13,16). The number of fused-ring (bicyclic) bond motifs is 3. The van der Waals surface area contributed by atoms with Crippen LogP contribution in [0.5, 0.6) is 5.75 Å². The minimum absolute atomic E-state index is 0.267. The molecule has 3 rings (SSSR count). The molecular weight excluding hydrogens is 284 g/mol. The summed E-state index contributed by atoms with van der Waals surface area (Å²) < 4.78 is 7.98. The molecule has 0 unspecified atom stereocenters. The minimum atomic E-state index is 0.267. The highest BCUT2D eigenvalue weighted by Gasteiger charge is 2.12. The second-order valence-electron chi connectivity index (χ2n) is 3.87. The molecule has 0 aliphatic rings. The van der Waals surface area contributed by atoms with E-state index < -0.39 is 0 Å². The molecule has 92 valence electrons. The summed E-state index contributed by atoms with van der Waals surface area (Å²) in [6.45, 7) is 2.28. The van der Waals surface area contributed by atoms with Gasteiger partial charge in [0.2, 0.25) is 0 Å². The van der Waals surface area contributed by atoms with E-state index in [1.165, 1.54) is 0 Å². The molecule has 2 aromatic heterocycles. The van der Waals surface area contributed by atoms with Gasteiger partial charge >= 0.3 is 0 Å². The number of thiophene rings is 1. The number of ether oxygens (including phenoxy) is 1. The molecule has 2 N–H and O–H groups in total. The second kappa shape index (κ2) is 4.46. The Hall–Kier alpha value is -1.24. The molecule has 0 fully saturated rings. The van der Waals surface area contributed by atoms with E-state index >= 15 is 0 Å². The van der Waals surface area contributed by atoms with Gasteiger partial charge in [0.1, 0.15) is 17.3 Å². The molecule has 18 heavy (non-hydrogen) atoms. The molecule has 0 saturated carbocycles. The van der Waals surface area contributed by atoms with Crippen LogP contribution in [0.4, 0.5) is 0 Å². The molecule has 3 nitrogen and oxygen atoms in total. The first-order chi connectivity index (χ1) is 8.65. The number of aryl methyl sites for hydroxylation is 1. The molecule has 0 amide bonds.